The molecule has 0 aliphatic heterocycles. The third-order valence-corrected chi connectivity index (χ3v) is 6.35. The Bertz CT molecular complexity index is 1090. The second-order valence-corrected chi connectivity index (χ2v) is 9.28. The lowest BCUT2D eigenvalue weighted by Crippen LogP contribution is -2.42. The van der Waals surface area contributed by atoms with E-state index in [0.717, 1.165) is 29.7 Å². The van der Waals surface area contributed by atoms with Crippen LogP contribution in [0.5, 0.6) is 17.2 Å². The maximum Gasteiger partial charge on any atom is 0.344 e. The lowest BCUT2D eigenvalue weighted by atomic mass is 10.0. The van der Waals surface area contributed by atoms with E-state index < -0.39 is 6.10 Å². The summed E-state index contributed by atoms with van der Waals surface area (Å²) in [5, 5.41) is 21.0. The molecule has 0 fully saturated rings. The summed E-state index contributed by atoms with van der Waals surface area (Å²) in [5.74, 6) is 1.26. The third-order valence-electron chi connectivity index (χ3n) is 6.35. The van der Waals surface area contributed by atoms with E-state index >= 15 is 0 Å². The first kappa shape index (κ1) is 29.0. The zero-order valence-electron chi connectivity index (χ0n) is 22.3. The quantitative estimate of drug-likeness (QED) is 0.266. The number of aliphatic hydroxyl groups is 1. The van der Waals surface area contributed by atoms with Crippen LogP contribution in [0.1, 0.15) is 31.4 Å². The molecule has 3 rings (SSSR count). The number of aliphatic hydroxyl groups excluding tert-OH is 1. The van der Waals surface area contributed by atoms with Crippen LogP contribution < -0.4 is 9.47 Å². The molecule has 0 unspecified atom stereocenters. The number of rotatable bonds is 16. The fraction of sp³-hybridized carbons (Fsp3) is 0.387. The van der Waals surface area contributed by atoms with Gasteiger partial charge < -0.3 is 24.4 Å². The standard InChI is InChI=1S/C31H39NO6/c1-3-36-31(35)23-38-29-17-15-25(16-18-29)14-13-24(2)32(20-19-26-9-7-8-12-30(26)34)21-27(33)22-37-28-10-5-4-6-11-28/h4-12,15-18,24,27,33-34H,3,13-14,19-23H2,1-2H3/t24-,27+/m1/s1. The number of nitrogens with zero attached hydrogens (tertiary/aromatic N) is 1. The van der Waals surface area contributed by atoms with Gasteiger partial charge in [-0.25, -0.2) is 4.79 Å². The number of aromatic hydroxyl groups is 1. The molecule has 0 saturated heterocycles. The number of phenols is 1. The van der Waals surface area contributed by atoms with Gasteiger partial charge in [-0.1, -0.05) is 48.5 Å². The average molecular weight is 522 g/mol. The normalized spacial score (nSPS) is 12.6. The lowest BCUT2D eigenvalue weighted by Gasteiger charge is -2.31. The van der Waals surface area contributed by atoms with Gasteiger partial charge in [-0.15, -0.1) is 0 Å². The Labute approximate surface area is 225 Å². The lowest BCUT2D eigenvalue weighted by molar-refractivity contribution is -0.145. The van der Waals surface area contributed by atoms with Crippen LogP contribution in [0.25, 0.3) is 0 Å². The number of benzene rings is 3. The van der Waals surface area contributed by atoms with Crippen LogP contribution in [0.15, 0.2) is 78.9 Å². The fourth-order valence-electron chi connectivity index (χ4n) is 4.17. The van der Waals surface area contributed by atoms with Gasteiger partial charge in [0, 0.05) is 19.1 Å². The fourth-order valence-corrected chi connectivity index (χ4v) is 4.17. The molecule has 0 saturated carbocycles. The first-order chi connectivity index (χ1) is 18.4. The molecule has 2 N–H and O–H groups in total. The molecule has 0 aliphatic carbocycles. The van der Waals surface area contributed by atoms with E-state index in [1.807, 2.05) is 72.8 Å². The summed E-state index contributed by atoms with van der Waals surface area (Å²) < 4.78 is 16.1. The predicted octanol–water partition coefficient (Wildman–Crippen LogP) is 4.64. The first-order valence-corrected chi connectivity index (χ1v) is 13.2. The number of hydrogen-bond donors (Lipinski definition) is 2. The van der Waals surface area contributed by atoms with Crippen LogP contribution in [0.3, 0.4) is 0 Å². The van der Waals surface area contributed by atoms with Gasteiger partial charge in [0.25, 0.3) is 0 Å². The highest BCUT2D eigenvalue weighted by Gasteiger charge is 2.19. The van der Waals surface area contributed by atoms with Crippen molar-refractivity contribution >= 4 is 5.97 Å². The van der Waals surface area contributed by atoms with Crippen LogP contribution in [-0.4, -0.2) is 66.1 Å². The van der Waals surface area contributed by atoms with Crippen LogP contribution in [-0.2, 0) is 22.4 Å². The van der Waals surface area contributed by atoms with E-state index in [2.05, 4.69) is 11.8 Å². The molecule has 0 radical (unpaired) electrons. The highest BCUT2D eigenvalue weighted by molar-refractivity contribution is 5.71. The zero-order valence-corrected chi connectivity index (χ0v) is 22.3. The monoisotopic (exact) mass is 521 g/mol. The number of hydrogen-bond acceptors (Lipinski definition) is 7. The smallest absolute Gasteiger partial charge is 0.344 e. The van der Waals surface area contributed by atoms with Gasteiger partial charge in [0.15, 0.2) is 6.61 Å². The summed E-state index contributed by atoms with van der Waals surface area (Å²) in [6.45, 7) is 5.51. The summed E-state index contributed by atoms with van der Waals surface area (Å²) in [4.78, 5) is 13.7. The Kier molecular flexibility index (Phi) is 11.9. The van der Waals surface area contributed by atoms with Crippen molar-refractivity contribution in [1.29, 1.82) is 0 Å². The van der Waals surface area contributed by atoms with Gasteiger partial charge >= 0.3 is 5.97 Å². The maximum atomic E-state index is 11.5. The number of carbonyl (C=O) groups excluding carboxylic acids is 1. The molecule has 7 heteroatoms. The Morgan fingerprint density at radius 3 is 2.29 bits per heavy atom. The topological polar surface area (TPSA) is 88.5 Å². The Balaban J connectivity index is 1.55. The van der Waals surface area contributed by atoms with Gasteiger partial charge in [0.05, 0.1) is 6.61 Å². The summed E-state index contributed by atoms with van der Waals surface area (Å²) in [6.07, 6.45) is 1.76. The van der Waals surface area contributed by atoms with Crippen molar-refractivity contribution in [2.45, 2.75) is 45.3 Å². The zero-order chi connectivity index (χ0) is 27.2. The van der Waals surface area contributed by atoms with E-state index in [9.17, 15) is 15.0 Å². The number of para-hydroxylation sites is 2. The minimum atomic E-state index is -0.655. The van der Waals surface area contributed by atoms with Gasteiger partial charge in [0.2, 0.25) is 0 Å². The Morgan fingerprint density at radius 2 is 1.58 bits per heavy atom. The average Bonchev–Trinajstić information content (AvgIpc) is 2.93. The highest BCUT2D eigenvalue weighted by atomic mass is 16.6. The molecule has 0 spiro atoms. The number of carbonyl (C=O) groups is 1. The van der Waals surface area contributed by atoms with Crippen molar-refractivity contribution in [3.63, 3.8) is 0 Å². The van der Waals surface area contributed by atoms with Crippen LogP contribution in [0.4, 0.5) is 0 Å². The van der Waals surface area contributed by atoms with Crippen molar-refractivity contribution in [2.24, 2.45) is 0 Å². The van der Waals surface area contributed by atoms with Crippen molar-refractivity contribution in [3.05, 3.63) is 90.0 Å². The molecule has 0 aliphatic rings. The summed E-state index contributed by atoms with van der Waals surface area (Å²) >= 11 is 0. The molecule has 3 aromatic carbocycles. The second kappa shape index (κ2) is 15.6. The second-order valence-electron chi connectivity index (χ2n) is 9.28. The maximum absolute atomic E-state index is 11.5. The predicted molar refractivity (Wildman–Crippen MR) is 148 cm³/mol. The molecule has 0 bridgehead atoms. The van der Waals surface area contributed by atoms with Crippen LogP contribution in [0.2, 0.25) is 0 Å². The Hall–Kier alpha value is -3.55. The van der Waals surface area contributed by atoms with E-state index in [4.69, 9.17) is 14.2 Å². The van der Waals surface area contributed by atoms with Crippen molar-refractivity contribution in [2.75, 3.05) is 32.9 Å². The van der Waals surface area contributed by atoms with Gasteiger partial charge in [0.1, 0.15) is 30.0 Å². The third kappa shape index (κ3) is 10.1. The number of phenolic OH excluding ortho intramolecular Hbond substituents is 1. The molecular formula is C31H39NO6. The Morgan fingerprint density at radius 1 is 0.895 bits per heavy atom. The molecule has 38 heavy (non-hydrogen) atoms. The summed E-state index contributed by atoms with van der Waals surface area (Å²) in [6, 6.07) is 24.8. The minimum Gasteiger partial charge on any atom is -0.508 e. The van der Waals surface area contributed by atoms with Crippen molar-refractivity contribution < 1.29 is 29.2 Å². The van der Waals surface area contributed by atoms with E-state index in [-0.39, 0.29) is 25.2 Å². The van der Waals surface area contributed by atoms with Gasteiger partial charge in [-0.2, -0.15) is 0 Å². The molecule has 0 aromatic heterocycles. The minimum absolute atomic E-state index is 0.105. The largest absolute Gasteiger partial charge is 0.508 e. The molecule has 7 nitrogen and oxygen atoms in total. The van der Waals surface area contributed by atoms with Gasteiger partial charge in [-0.3, -0.25) is 4.90 Å². The molecule has 3 aromatic rings. The number of esters is 1. The van der Waals surface area contributed by atoms with Crippen LogP contribution >= 0.6 is 0 Å². The number of aryl methyl sites for hydroxylation is 1. The van der Waals surface area contributed by atoms with E-state index in [1.165, 1.54) is 0 Å². The summed E-state index contributed by atoms with van der Waals surface area (Å²) in [7, 11) is 0. The first-order valence-electron chi connectivity index (χ1n) is 13.2. The molecule has 0 heterocycles. The van der Waals surface area contributed by atoms with Crippen LogP contribution in [0, 0.1) is 0 Å². The van der Waals surface area contributed by atoms with E-state index in [0.29, 0.717) is 37.6 Å². The van der Waals surface area contributed by atoms with Gasteiger partial charge in [-0.05, 0) is 74.6 Å². The summed E-state index contributed by atoms with van der Waals surface area (Å²) in [5.41, 5.74) is 2.05. The highest BCUT2D eigenvalue weighted by Crippen LogP contribution is 2.19. The SMILES string of the molecule is CCOC(=O)COc1ccc(CC[C@@H](C)N(CCc2ccccc2O)C[C@H](O)COc2ccccc2)cc1. The molecule has 2 atom stereocenters. The van der Waals surface area contributed by atoms with Crippen molar-refractivity contribution in [3.8, 4) is 17.2 Å². The van der Waals surface area contributed by atoms with E-state index in [1.54, 1.807) is 13.0 Å². The van der Waals surface area contributed by atoms with Crippen molar-refractivity contribution in [1.82, 2.24) is 4.90 Å². The number of ether oxygens (including phenoxy) is 3. The molecule has 0 amide bonds. The molecule has 204 valence electrons. The molecular weight excluding hydrogens is 482 g/mol.